The molecule has 19 heavy (non-hydrogen) atoms. The summed E-state index contributed by atoms with van der Waals surface area (Å²) in [5.74, 6) is 1.10. The SMILES string of the molecule is Cc1ccc(/C=C/C(=O)Nc2cc(Cl)ccc2Cl)o1. The molecule has 2 aromatic rings. The van der Waals surface area contributed by atoms with Crippen molar-refractivity contribution >= 4 is 40.9 Å². The van der Waals surface area contributed by atoms with Crippen molar-refractivity contribution in [2.24, 2.45) is 0 Å². The van der Waals surface area contributed by atoms with Crippen LogP contribution < -0.4 is 5.32 Å². The molecule has 0 aliphatic rings. The maximum atomic E-state index is 11.7. The van der Waals surface area contributed by atoms with Crippen LogP contribution in [0.5, 0.6) is 0 Å². The number of aryl methyl sites for hydroxylation is 1. The third-order valence-corrected chi connectivity index (χ3v) is 2.91. The molecule has 1 heterocycles. The molecule has 0 bridgehead atoms. The first-order chi connectivity index (χ1) is 9.04. The molecule has 1 amide bonds. The van der Waals surface area contributed by atoms with Gasteiger partial charge in [0.2, 0.25) is 5.91 Å². The molecule has 2 rings (SSSR count). The Balaban J connectivity index is 2.05. The van der Waals surface area contributed by atoms with Gasteiger partial charge in [-0.2, -0.15) is 0 Å². The lowest BCUT2D eigenvalue weighted by Crippen LogP contribution is -2.08. The molecule has 0 saturated carbocycles. The van der Waals surface area contributed by atoms with Gasteiger partial charge in [-0.3, -0.25) is 4.79 Å². The molecule has 3 nitrogen and oxygen atoms in total. The van der Waals surface area contributed by atoms with Gasteiger partial charge < -0.3 is 9.73 Å². The number of carbonyl (C=O) groups excluding carboxylic acids is 1. The number of amides is 1. The maximum Gasteiger partial charge on any atom is 0.248 e. The van der Waals surface area contributed by atoms with Crippen LogP contribution in [-0.2, 0) is 4.79 Å². The van der Waals surface area contributed by atoms with Gasteiger partial charge in [-0.1, -0.05) is 23.2 Å². The summed E-state index contributed by atoms with van der Waals surface area (Å²) in [7, 11) is 0. The Bertz CT molecular complexity index is 632. The number of benzene rings is 1. The summed E-state index contributed by atoms with van der Waals surface area (Å²) in [5.41, 5.74) is 0.472. The quantitative estimate of drug-likeness (QED) is 0.844. The lowest BCUT2D eigenvalue weighted by molar-refractivity contribution is -0.111. The number of hydrogen-bond donors (Lipinski definition) is 1. The molecule has 0 spiro atoms. The van der Waals surface area contributed by atoms with Crippen LogP contribution in [0, 0.1) is 6.92 Å². The fourth-order valence-corrected chi connectivity index (χ4v) is 1.81. The van der Waals surface area contributed by atoms with Crippen LogP contribution in [-0.4, -0.2) is 5.91 Å². The number of nitrogens with one attached hydrogen (secondary N) is 1. The smallest absolute Gasteiger partial charge is 0.248 e. The minimum Gasteiger partial charge on any atom is -0.462 e. The molecule has 0 fully saturated rings. The second-order valence-electron chi connectivity index (χ2n) is 3.90. The highest BCUT2D eigenvalue weighted by Gasteiger charge is 2.04. The van der Waals surface area contributed by atoms with Gasteiger partial charge in [0.25, 0.3) is 0 Å². The topological polar surface area (TPSA) is 42.2 Å². The van der Waals surface area contributed by atoms with Crippen LogP contribution >= 0.6 is 23.2 Å². The molecular weight excluding hydrogens is 285 g/mol. The van der Waals surface area contributed by atoms with E-state index in [1.54, 1.807) is 30.3 Å². The summed E-state index contributed by atoms with van der Waals surface area (Å²) < 4.78 is 5.31. The van der Waals surface area contributed by atoms with E-state index < -0.39 is 0 Å². The van der Waals surface area contributed by atoms with Crippen molar-refractivity contribution in [1.82, 2.24) is 0 Å². The average Bonchev–Trinajstić information content (AvgIpc) is 2.77. The second-order valence-corrected chi connectivity index (χ2v) is 4.74. The highest BCUT2D eigenvalue weighted by atomic mass is 35.5. The van der Waals surface area contributed by atoms with Crippen LogP contribution in [0.3, 0.4) is 0 Å². The summed E-state index contributed by atoms with van der Waals surface area (Å²) in [5, 5.41) is 3.58. The summed E-state index contributed by atoms with van der Waals surface area (Å²) >= 11 is 11.8. The molecule has 0 unspecified atom stereocenters. The molecule has 1 aromatic carbocycles. The standard InChI is InChI=1S/C14H11Cl2NO2/c1-9-2-4-11(19-9)5-7-14(18)17-13-8-10(15)3-6-12(13)16/h2-8H,1H3,(H,17,18)/b7-5+. The van der Waals surface area contributed by atoms with E-state index in [2.05, 4.69) is 5.32 Å². The van der Waals surface area contributed by atoms with Gasteiger partial charge in [0.1, 0.15) is 11.5 Å². The Morgan fingerprint density at radius 2 is 2.05 bits per heavy atom. The highest BCUT2D eigenvalue weighted by molar-refractivity contribution is 6.35. The van der Waals surface area contributed by atoms with Gasteiger partial charge in [-0.25, -0.2) is 0 Å². The number of carbonyl (C=O) groups is 1. The van der Waals surface area contributed by atoms with Crippen molar-refractivity contribution < 1.29 is 9.21 Å². The van der Waals surface area contributed by atoms with Crippen molar-refractivity contribution in [3.05, 3.63) is 58.0 Å². The van der Waals surface area contributed by atoms with Crippen LogP contribution in [0.25, 0.3) is 6.08 Å². The largest absolute Gasteiger partial charge is 0.462 e. The predicted octanol–water partition coefficient (Wildman–Crippen LogP) is 4.55. The molecule has 5 heteroatoms. The number of anilines is 1. The second kappa shape index (κ2) is 5.95. The minimum atomic E-state index is -0.307. The minimum absolute atomic E-state index is 0.307. The van der Waals surface area contributed by atoms with Gasteiger partial charge in [0.05, 0.1) is 10.7 Å². The first kappa shape index (κ1) is 13.7. The zero-order valence-electron chi connectivity index (χ0n) is 10.1. The summed E-state index contributed by atoms with van der Waals surface area (Å²) in [6.45, 7) is 1.84. The Hall–Kier alpha value is -1.71. The van der Waals surface area contributed by atoms with E-state index in [1.807, 2.05) is 13.0 Å². The van der Waals surface area contributed by atoms with Crippen LogP contribution in [0.2, 0.25) is 10.0 Å². The molecule has 98 valence electrons. The molecule has 0 radical (unpaired) electrons. The highest BCUT2D eigenvalue weighted by Crippen LogP contribution is 2.25. The maximum absolute atomic E-state index is 11.7. The van der Waals surface area contributed by atoms with Gasteiger partial charge >= 0.3 is 0 Å². The van der Waals surface area contributed by atoms with Gasteiger partial charge in [-0.15, -0.1) is 0 Å². The van der Waals surface area contributed by atoms with Crippen LogP contribution in [0.1, 0.15) is 11.5 Å². The van der Waals surface area contributed by atoms with E-state index in [4.69, 9.17) is 27.6 Å². The third kappa shape index (κ3) is 3.88. The third-order valence-electron chi connectivity index (χ3n) is 2.35. The Kier molecular flexibility index (Phi) is 4.30. The Morgan fingerprint density at radius 3 is 2.74 bits per heavy atom. The number of hydrogen-bond acceptors (Lipinski definition) is 2. The van der Waals surface area contributed by atoms with Gasteiger partial charge in [0, 0.05) is 11.1 Å². The Labute approximate surface area is 120 Å². The average molecular weight is 296 g/mol. The van der Waals surface area contributed by atoms with Crippen molar-refractivity contribution in [2.75, 3.05) is 5.32 Å². The van der Waals surface area contributed by atoms with Gasteiger partial charge in [0.15, 0.2) is 0 Å². The van der Waals surface area contributed by atoms with Crippen molar-refractivity contribution in [3.63, 3.8) is 0 Å². The normalized spacial score (nSPS) is 10.9. The van der Waals surface area contributed by atoms with Gasteiger partial charge in [-0.05, 0) is 43.3 Å². The fraction of sp³-hybridized carbons (Fsp3) is 0.0714. The fourth-order valence-electron chi connectivity index (χ4n) is 1.47. The lowest BCUT2D eigenvalue weighted by Gasteiger charge is -2.04. The van der Waals surface area contributed by atoms with Crippen molar-refractivity contribution in [1.29, 1.82) is 0 Å². The Morgan fingerprint density at radius 1 is 1.26 bits per heavy atom. The van der Waals surface area contributed by atoms with E-state index in [-0.39, 0.29) is 5.91 Å². The molecule has 1 N–H and O–H groups in total. The van der Waals surface area contributed by atoms with E-state index in [1.165, 1.54) is 6.08 Å². The monoisotopic (exact) mass is 295 g/mol. The predicted molar refractivity (Wildman–Crippen MR) is 77.6 cm³/mol. The van der Waals surface area contributed by atoms with E-state index in [0.717, 1.165) is 5.76 Å². The van der Waals surface area contributed by atoms with E-state index in [0.29, 0.717) is 21.5 Å². The van der Waals surface area contributed by atoms with Crippen molar-refractivity contribution in [3.8, 4) is 0 Å². The first-order valence-electron chi connectivity index (χ1n) is 5.55. The zero-order valence-corrected chi connectivity index (χ0v) is 11.6. The summed E-state index contributed by atoms with van der Waals surface area (Å²) in [6, 6.07) is 8.48. The summed E-state index contributed by atoms with van der Waals surface area (Å²) in [4.78, 5) is 11.7. The first-order valence-corrected chi connectivity index (χ1v) is 6.31. The number of rotatable bonds is 3. The van der Waals surface area contributed by atoms with Crippen LogP contribution in [0.15, 0.2) is 40.8 Å². The lowest BCUT2D eigenvalue weighted by atomic mass is 10.3. The molecule has 0 saturated heterocycles. The molecular formula is C14H11Cl2NO2. The van der Waals surface area contributed by atoms with E-state index in [9.17, 15) is 4.79 Å². The number of furan rings is 1. The molecule has 0 aliphatic carbocycles. The van der Waals surface area contributed by atoms with E-state index >= 15 is 0 Å². The summed E-state index contributed by atoms with van der Waals surface area (Å²) in [6.07, 6.45) is 2.95. The molecule has 0 aliphatic heterocycles. The molecule has 0 atom stereocenters. The van der Waals surface area contributed by atoms with Crippen molar-refractivity contribution in [2.45, 2.75) is 6.92 Å². The number of halogens is 2. The van der Waals surface area contributed by atoms with Crippen LogP contribution in [0.4, 0.5) is 5.69 Å². The molecule has 1 aromatic heterocycles. The zero-order chi connectivity index (χ0) is 13.8.